The molecule has 2 aromatic rings. The number of hydrogen-bond donors (Lipinski definition) is 1. The van der Waals surface area contributed by atoms with Gasteiger partial charge in [-0.3, -0.25) is 0 Å². The first-order chi connectivity index (χ1) is 9.72. The van der Waals surface area contributed by atoms with Crippen molar-refractivity contribution in [3.8, 4) is 11.5 Å². The summed E-state index contributed by atoms with van der Waals surface area (Å²) in [5.74, 6) is 1.71. The van der Waals surface area contributed by atoms with Crippen molar-refractivity contribution >= 4 is 0 Å². The molecule has 0 fully saturated rings. The lowest BCUT2D eigenvalue weighted by Gasteiger charge is -2.16. The van der Waals surface area contributed by atoms with Crippen LogP contribution in [0, 0.1) is 0 Å². The highest BCUT2D eigenvalue weighted by molar-refractivity contribution is 5.40. The predicted molar refractivity (Wildman–Crippen MR) is 80.2 cm³/mol. The van der Waals surface area contributed by atoms with E-state index in [1.807, 2.05) is 30.3 Å². The molecule has 1 N–H and O–H groups in total. The molecule has 1 aliphatic carbocycles. The molecule has 0 amide bonds. The van der Waals surface area contributed by atoms with E-state index in [9.17, 15) is 5.11 Å². The maximum absolute atomic E-state index is 9.50. The third-order valence-corrected chi connectivity index (χ3v) is 3.92. The molecule has 0 aliphatic heterocycles. The van der Waals surface area contributed by atoms with Crippen LogP contribution in [-0.2, 0) is 12.8 Å². The second-order valence-corrected chi connectivity index (χ2v) is 5.48. The molecule has 0 heterocycles. The molecule has 104 valence electrons. The van der Waals surface area contributed by atoms with Crippen LogP contribution in [0.15, 0.2) is 42.5 Å². The zero-order valence-electron chi connectivity index (χ0n) is 11.8. The van der Waals surface area contributed by atoms with E-state index in [1.54, 1.807) is 6.92 Å². The van der Waals surface area contributed by atoms with Crippen molar-refractivity contribution in [3.05, 3.63) is 59.2 Å². The maximum Gasteiger partial charge on any atom is 0.127 e. The van der Waals surface area contributed by atoms with E-state index >= 15 is 0 Å². The zero-order valence-corrected chi connectivity index (χ0v) is 11.8. The summed E-state index contributed by atoms with van der Waals surface area (Å²) in [6.07, 6.45) is 4.49. The Bertz CT molecular complexity index is 585. The average molecular weight is 268 g/mol. The molecular formula is C18H20O2. The summed E-state index contributed by atoms with van der Waals surface area (Å²) in [7, 11) is 0. The van der Waals surface area contributed by atoms with Crippen LogP contribution in [0.25, 0.3) is 0 Å². The van der Waals surface area contributed by atoms with Gasteiger partial charge in [-0.25, -0.2) is 0 Å². The lowest BCUT2D eigenvalue weighted by Crippen LogP contribution is -2.02. The molecule has 2 heteroatoms. The van der Waals surface area contributed by atoms with Gasteiger partial charge in [0, 0.05) is 0 Å². The Kier molecular flexibility index (Phi) is 3.75. The first-order valence-corrected chi connectivity index (χ1v) is 7.30. The molecule has 1 unspecified atom stereocenters. The Balaban J connectivity index is 1.77. The molecule has 0 saturated carbocycles. The molecule has 1 atom stereocenters. The van der Waals surface area contributed by atoms with Gasteiger partial charge in [0.2, 0.25) is 0 Å². The molecule has 0 radical (unpaired) electrons. The number of aliphatic hydroxyl groups is 1. The van der Waals surface area contributed by atoms with Gasteiger partial charge >= 0.3 is 0 Å². The Morgan fingerprint density at radius 2 is 1.55 bits per heavy atom. The van der Waals surface area contributed by atoms with Crippen LogP contribution in [0.5, 0.6) is 11.5 Å². The molecule has 2 nitrogen and oxygen atoms in total. The summed E-state index contributed by atoms with van der Waals surface area (Å²) in [4.78, 5) is 0. The highest BCUT2D eigenvalue weighted by Gasteiger charge is 2.10. The first kappa shape index (κ1) is 13.2. The lowest BCUT2D eigenvalue weighted by atomic mass is 9.92. The molecule has 1 aliphatic rings. The summed E-state index contributed by atoms with van der Waals surface area (Å²) < 4.78 is 5.90. The fourth-order valence-electron chi connectivity index (χ4n) is 2.72. The van der Waals surface area contributed by atoms with Gasteiger partial charge in [-0.2, -0.15) is 0 Å². The van der Waals surface area contributed by atoms with Crippen LogP contribution in [0.3, 0.4) is 0 Å². The van der Waals surface area contributed by atoms with Crippen LogP contribution < -0.4 is 4.74 Å². The van der Waals surface area contributed by atoms with Crippen LogP contribution >= 0.6 is 0 Å². The number of aryl methyl sites for hydroxylation is 2. The van der Waals surface area contributed by atoms with Gasteiger partial charge < -0.3 is 9.84 Å². The number of fused-ring (bicyclic) bond motifs is 1. The summed E-state index contributed by atoms with van der Waals surface area (Å²) in [5.41, 5.74) is 3.80. The lowest BCUT2D eigenvalue weighted by molar-refractivity contribution is 0.199. The normalized spacial score (nSPS) is 15.5. The molecule has 0 bridgehead atoms. The SMILES string of the molecule is CC(O)c1ccc(Oc2ccc3c(c2)CCCC3)cc1. The molecule has 0 saturated heterocycles. The van der Waals surface area contributed by atoms with Crippen molar-refractivity contribution in [2.75, 3.05) is 0 Å². The van der Waals surface area contributed by atoms with Crippen LogP contribution in [0.2, 0.25) is 0 Å². The summed E-state index contributed by atoms with van der Waals surface area (Å²) in [5, 5.41) is 9.50. The molecule has 3 rings (SSSR count). The zero-order chi connectivity index (χ0) is 13.9. The average Bonchev–Trinajstić information content (AvgIpc) is 2.48. The third kappa shape index (κ3) is 2.86. The van der Waals surface area contributed by atoms with Gasteiger partial charge in [0.1, 0.15) is 11.5 Å². The Labute approximate surface area is 120 Å². The van der Waals surface area contributed by atoms with Crippen molar-refractivity contribution in [3.63, 3.8) is 0 Å². The number of hydrogen-bond acceptors (Lipinski definition) is 2. The van der Waals surface area contributed by atoms with Gasteiger partial charge in [0.15, 0.2) is 0 Å². The molecule has 2 aromatic carbocycles. The minimum absolute atomic E-state index is 0.437. The van der Waals surface area contributed by atoms with Crippen LogP contribution in [0.4, 0.5) is 0 Å². The monoisotopic (exact) mass is 268 g/mol. The molecular weight excluding hydrogens is 248 g/mol. The van der Waals surface area contributed by atoms with Gasteiger partial charge in [0.25, 0.3) is 0 Å². The predicted octanol–water partition coefficient (Wildman–Crippen LogP) is 4.41. The smallest absolute Gasteiger partial charge is 0.127 e. The minimum Gasteiger partial charge on any atom is -0.457 e. The number of ether oxygens (including phenoxy) is 1. The van der Waals surface area contributed by atoms with E-state index in [0.717, 1.165) is 23.5 Å². The van der Waals surface area contributed by atoms with Gasteiger partial charge in [0.05, 0.1) is 6.10 Å². The topological polar surface area (TPSA) is 29.5 Å². The quantitative estimate of drug-likeness (QED) is 0.893. The van der Waals surface area contributed by atoms with E-state index in [4.69, 9.17) is 4.74 Å². The Morgan fingerprint density at radius 3 is 2.25 bits per heavy atom. The number of benzene rings is 2. The van der Waals surface area contributed by atoms with Crippen molar-refractivity contribution in [2.24, 2.45) is 0 Å². The summed E-state index contributed by atoms with van der Waals surface area (Å²) in [6.45, 7) is 1.76. The summed E-state index contributed by atoms with van der Waals surface area (Å²) >= 11 is 0. The fraction of sp³-hybridized carbons (Fsp3) is 0.333. The van der Waals surface area contributed by atoms with Gasteiger partial charge in [-0.1, -0.05) is 18.2 Å². The van der Waals surface area contributed by atoms with Crippen molar-refractivity contribution in [2.45, 2.75) is 38.7 Å². The Morgan fingerprint density at radius 1 is 0.900 bits per heavy atom. The minimum atomic E-state index is -0.437. The largest absolute Gasteiger partial charge is 0.457 e. The van der Waals surface area contributed by atoms with E-state index < -0.39 is 6.10 Å². The van der Waals surface area contributed by atoms with E-state index in [-0.39, 0.29) is 0 Å². The number of rotatable bonds is 3. The van der Waals surface area contributed by atoms with Gasteiger partial charge in [-0.15, -0.1) is 0 Å². The standard InChI is InChI=1S/C18H20O2/c1-13(19)14-6-9-17(10-7-14)20-18-11-8-15-4-2-3-5-16(15)12-18/h6-13,19H,2-5H2,1H3. The number of aliphatic hydroxyl groups excluding tert-OH is 1. The maximum atomic E-state index is 9.50. The third-order valence-electron chi connectivity index (χ3n) is 3.92. The van der Waals surface area contributed by atoms with Crippen molar-refractivity contribution < 1.29 is 9.84 Å². The second-order valence-electron chi connectivity index (χ2n) is 5.48. The van der Waals surface area contributed by atoms with Crippen molar-refractivity contribution in [1.82, 2.24) is 0 Å². The summed E-state index contributed by atoms with van der Waals surface area (Å²) in [6, 6.07) is 14.0. The molecule has 0 spiro atoms. The first-order valence-electron chi connectivity index (χ1n) is 7.30. The van der Waals surface area contributed by atoms with E-state index in [2.05, 4.69) is 12.1 Å². The molecule has 20 heavy (non-hydrogen) atoms. The van der Waals surface area contributed by atoms with Crippen LogP contribution in [-0.4, -0.2) is 5.11 Å². The molecule has 0 aromatic heterocycles. The Hall–Kier alpha value is -1.80. The highest BCUT2D eigenvalue weighted by Crippen LogP contribution is 2.28. The van der Waals surface area contributed by atoms with E-state index in [0.29, 0.717) is 0 Å². The van der Waals surface area contributed by atoms with Crippen LogP contribution in [0.1, 0.15) is 42.6 Å². The fourth-order valence-corrected chi connectivity index (χ4v) is 2.72. The van der Waals surface area contributed by atoms with E-state index in [1.165, 1.54) is 30.4 Å². The van der Waals surface area contributed by atoms with Gasteiger partial charge in [-0.05, 0) is 73.6 Å². The highest BCUT2D eigenvalue weighted by atomic mass is 16.5. The second kappa shape index (κ2) is 5.68. The van der Waals surface area contributed by atoms with Crippen molar-refractivity contribution in [1.29, 1.82) is 0 Å².